The first-order valence-electron chi connectivity index (χ1n) is 8.76. The fourth-order valence-corrected chi connectivity index (χ4v) is 4.45. The topological polar surface area (TPSA) is 111 Å². The Morgan fingerprint density at radius 2 is 1.86 bits per heavy atom. The van der Waals surface area contributed by atoms with Gasteiger partial charge in [0.15, 0.2) is 0 Å². The fourth-order valence-electron chi connectivity index (χ4n) is 3.10. The number of nitrogens with one attached hydrogen (secondary N) is 2. The maximum absolute atomic E-state index is 12.6. The van der Waals surface area contributed by atoms with Gasteiger partial charge in [-0.1, -0.05) is 18.9 Å². The summed E-state index contributed by atoms with van der Waals surface area (Å²) in [6, 6.07) is 10.8. The number of benzene rings is 2. The van der Waals surface area contributed by atoms with Gasteiger partial charge in [0, 0.05) is 17.7 Å². The average molecular weight is 426 g/mol. The largest absolute Gasteiger partial charge is 0.497 e. The summed E-state index contributed by atoms with van der Waals surface area (Å²) in [5.74, 6) is 0.101. The molecule has 9 heteroatoms. The highest BCUT2D eigenvalue weighted by Gasteiger charge is 2.23. The van der Waals surface area contributed by atoms with E-state index in [2.05, 4.69) is 10.0 Å². The van der Waals surface area contributed by atoms with E-state index in [1.807, 2.05) is 0 Å². The number of anilines is 2. The monoisotopic (exact) mass is 425 g/mol. The van der Waals surface area contributed by atoms with Gasteiger partial charge in [-0.15, -0.1) is 12.4 Å². The summed E-state index contributed by atoms with van der Waals surface area (Å²) in [5, 5.41) is 2.69. The molecule has 0 bridgehead atoms. The number of rotatable bonds is 6. The Kier molecular flexibility index (Phi) is 7.29. The highest BCUT2D eigenvalue weighted by Crippen LogP contribution is 2.25. The van der Waals surface area contributed by atoms with E-state index in [4.69, 9.17) is 10.5 Å². The van der Waals surface area contributed by atoms with E-state index in [0.29, 0.717) is 17.1 Å². The van der Waals surface area contributed by atoms with E-state index in [1.165, 1.54) is 19.2 Å². The van der Waals surface area contributed by atoms with Crippen molar-refractivity contribution in [2.75, 3.05) is 18.2 Å². The van der Waals surface area contributed by atoms with Crippen LogP contribution in [0.25, 0.3) is 0 Å². The van der Waals surface area contributed by atoms with E-state index < -0.39 is 15.9 Å². The molecule has 152 valence electrons. The number of ether oxygens (including phenoxy) is 1. The number of nitrogen functional groups attached to an aromatic ring is 1. The van der Waals surface area contributed by atoms with Gasteiger partial charge in [-0.3, -0.25) is 4.79 Å². The zero-order chi connectivity index (χ0) is 19.4. The van der Waals surface area contributed by atoms with Crippen LogP contribution in [0.4, 0.5) is 11.4 Å². The van der Waals surface area contributed by atoms with Gasteiger partial charge in [0.2, 0.25) is 10.0 Å². The number of sulfonamides is 1. The maximum Gasteiger partial charge on any atom is 0.255 e. The Morgan fingerprint density at radius 1 is 1.14 bits per heavy atom. The zero-order valence-electron chi connectivity index (χ0n) is 15.5. The Balaban J connectivity index is 0.00000280. The van der Waals surface area contributed by atoms with Crippen LogP contribution in [-0.4, -0.2) is 27.5 Å². The van der Waals surface area contributed by atoms with E-state index in [-0.39, 0.29) is 28.9 Å². The van der Waals surface area contributed by atoms with Crippen molar-refractivity contribution in [2.24, 2.45) is 0 Å². The molecule has 0 heterocycles. The molecular weight excluding hydrogens is 402 g/mol. The Labute approximate surface area is 171 Å². The minimum Gasteiger partial charge on any atom is -0.497 e. The van der Waals surface area contributed by atoms with Gasteiger partial charge in [0.1, 0.15) is 5.75 Å². The fraction of sp³-hybridized carbons (Fsp3) is 0.316. The molecule has 0 spiro atoms. The van der Waals surface area contributed by atoms with E-state index in [0.717, 1.165) is 25.7 Å². The van der Waals surface area contributed by atoms with Crippen LogP contribution in [0.2, 0.25) is 0 Å². The molecule has 1 aliphatic rings. The van der Waals surface area contributed by atoms with Crippen molar-refractivity contribution in [3.05, 3.63) is 48.0 Å². The first kappa shape index (κ1) is 22.0. The van der Waals surface area contributed by atoms with Crippen molar-refractivity contribution < 1.29 is 17.9 Å². The predicted molar refractivity (Wildman–Crippen MR) is 112 cm³/mol. The Morgan fingerprint density at radius 3 is 2.54 bits per heavy atom. The van der Waals surface area contributed by atoms with E-state index in [9.17, 15) is 13.2 Å². The van der Waals surface area contributed by atoms with Crippen molar-refractivity contribution in [2.45, 2.75) is 36.6 Å². The molecule has 2 aromatic carbocycles. The third-order valence-corrected chi connectivity index (χ3v) is 6.11. The van der Waals surface area contributed by atoms with Gasteiger partial charge in [-0.2, -0.15) is 0 Å². The number of hydrogen-bond donors (Lipinski definition) is 3. The molecule has 0 aromatic heterocycles. The molecule has 1 amide bonds. The van der Waals surface area contributed by atoms with E-state index >= 15 is 0 Å². The first-order chi connectivity index (χ1) is 12.9. The van der Waals surface area contributed by atoms with Crippen molar-refractivity contribution in [1.29, 1.82) is 0 Å². The summed E-state index contributed by atoms with van der Waals surface area (Å²) < 4.78 is 33.0. The molecular formula is C19H24ClN3O4S. The van der Waals surface area contributed by atoms with Crippen LogP contribution in [0.3, 0.4) is 0 Å². The lowest BCUT2D eigenvalue weighted by Gasteiger charge is -2.14. The molecule has 4 N–H and O–H groups in total. The summed E-state index contributed by atoms with van der Waals surface area (Å²) in [7, 11) is -2.15. The minimum absolute atomic E-state index is 0. The second kappa shape index (κ2) is 9.27. The molecule has 7 nitrogen and oxygen atoms in total. The van der Waals surface area contributed by atoms with Gasteiger partial charge in [0.25, 0.3) is 5.91 Å². The molecule has 1 aliphatic carbocycles. The number of nitrogens with two attached hydrogens (primary N) is 1. The lowest BCUT2D eigenvalue weighted by atomic mass is 10.2. The highest BCUT2D eigenvalue weighted by molar-refractivity contribution is 7.89. The lowest BCUT2D eigenvalue weighted by molar-refractivity contribution is 0.102. The van der Waals surface area contributed by atoms with Crippen LogP contribution < -0.4 is 20.5 Å². The number of hydrogen-bond acceptors (Lipinski definition) is 5. The van der Waals surface area contributed by atoms with Crippen LogP contribution in [0.15, 0.2) is 47.4 Å². The van der Waals surface area contributed by atoms with Crippen LogP contribution >= 0.6 is 12.4 Å². The maximum atomic E-state index is 12.6. The van der Waals surface area contributed by atoms with Crippen LogP contribution in [-0.2, 0) is 10.0 Å². The number of amides is 1. The minimum atomic E-state index is -3.67. The second-order valence-electron chi connectivity index (χ2n) is 6.54. The van der Waals surface area contributed by atoms with Crippen LogP contribution in [0, 0.1) is 0 Å². The van der Waals surface area contributed by atoms with Gasteiger partial charge in [-0.25, -0.2) is 13.1 Å². The number of halogens is 1. The third-order valence-electron chi connectivity index (χ3n) is 4.59. The lowest BCUT2D eigenvalue weighted by Crippen LogP contribution is -2.32. The first-order valence-corrected chi connectivity index (χ1v) is 10.2. The van der Waals surface area contributed by atoms with E-state index in [1.54, 1.807) is 30.3 Å². The summed E-state index contributed by atoms with van der Waals surface area (Å²) >= 11 is 0. The summed E-state index contributed by atoms with van der Waals surface area (Å²) in [6.45, 7) is 0. The summed E-state index contributed by atoms with van der Waals surface area (Å²) in [4.78, 5) is 12.6. The van der Waals surface area contributed by atoms with Gasteiger partial charge in [-0.05, 0) is 43.2 Å². The number of carbonyl (C=O) groups is 1. The van der Waals surface area contributed by atoms with Crippen LogP contribution in [0.1, 0.15) is 36.0 Å². The smallest absolute Gasteiger partial charge is 0.255 e. The molecule has 0 radical (unpaired) electrons. The van der Waals surface area contributed by atoms with Gasteiger partial charge in [0.05, 0.1) is 23.4 Å². The molecule has 1 fully saturated rings. The second-order valence-corrected chi connectivity index (χ2v) is 8.25. The molecule has 0 aliphatic heterocycles. The molecule has 0 atom stereocenters. The van der Waals surface area contributed by atoms with Crippen molar-refractivity contribution in [1.82, 2.24) is 4.72 Å². The molecule has 0 saturated heterocycles. The standard InChI is InChI=1S/C19H23N3O4S.ClH/c1-26-15-9-10-17(20)18(12-15)21-19(23)13-5-4-8-16(11-13)27(24,25)22-14-6-2-3-7-14;/h4-5,8-12,14,22H,2-3,6-7,20H2,1H3,(H,21,23);1H. The van der Waals surface area contributed by atoms with Crippen LogP contribution in [0.5, 0.6) is 5.75 Å². The summed E-state index contributed by atoms with van der Waals surface area (Å²) in [5.41, 5.74) is 6.90. The highest BCUT2D eigenvalue weighted by atomic mass is 35.5. The number of carbonyl (C=O) groups excluding carboxylic acids is 1. The SMILES string of the molecule is COc1ccc(N)c(NC(=O)c2cccc(S(=O)(=O)NC3CCCC3)c2)c1.Cl. The zero-order valence-corrected chi connectivity index (χ0v) is 17.1. The quantitative estimate of drug-likeness (QED) is 0.615. The normalized spacial score (nSPS) is 14.3. The average Bonchev–Trinajstić information content (AvgIpc) is 3.16. The number of methoxy groups -OCH3 is 1. The molecule has 2 aromatic rings. The van der Waals surface area contributed by atoms with Crippen molar-refractivity contribution >= 4 is 39.7 Å². The van der Waals surface area contributed by atoms with Gasteiger partial charge < -0.3 is 15.8 Å². The van der Waals surface area contributed by atoms with Gasteiger partial charge >= 0.3 is 0 Å². The molecule has 3 rings (SSSR count). The molecule has 0 unspecified atom stereocenters. The van der Waals surface area contributed by atoms with Crippen molar-refractivity contribution in [3.63, 3.8) is 0 Å². The molecule has 1 saturated carbocycles. The predicted octanol–water partition coefficient (Wildman–Crippen LogP) is 3.17. The summed E-state index contributed by atoms with van der Waals surface area (Å²) in [6.07, 6.45) is 3.73. The third kappa shape index (κ3) is 5.15. The Hall–Kier alpha value is -2.29. The Bertz CT molecular complexity index is 944. The van der Waals surface area contributed by atoms with Crippen molar-refractivity contribution in [3.8, 4) is 5.75 Å². The molecule has 28 heavy (non-hydrogen) atoms.